The summed E-state index contributed by atoms with van der Waals surface area (Å²) < 4.78 is 11.4. The molecule has 1 fully saturated rings. The Morgan fingerprint density at radius 2 is 2.04 bits per heavy atom. The van der Waals surface area contributed by atoms with Gasteiger partial charge in [0.2, 0.25) is 11.9 Å². The van der Waals surface area contributed by atoms with E-state index in [0.717, 1.165) is 6.20 Å². The number of aliphatic hydroxyl groups is 1. The van der Waals surface area contributed by atoms with Crippen molar-refractivity contribution >= 4 is 34.8 Å². The molecule has 0 spiro atoms. The van der Waals surface area contributed by atoms with Gasteiger partial charge in [0, 0.05) is 18.8 Å². The Kier molecular flexibility index (Phi) is 5.88. The number of hydrogen-bond acceptors (Lipinski definition) is 6. The van der Waals surface area contributed by atoms with Crippen LogP contribution in [-0.2, 0) is 0 Å². The molecular weight excluding hydrogens is 397 g/mol. The first-order valence-corrected chi connectivity index (χ1v) is 8.91. The highest BCUT2D eigenvalue weighted by Gasteiger charge is 2.28. The number of rotatable bonds is 5. The van der Waals surface area contributed by atoms with Crippen molar-refractivity contribution in [1.29, 1.82) is 0 Å². The van der Waals surface area contributed by atoms with E-state index in [1.165, 1.54) is 25.6 Å². The summed E-state index contributed by atoms with van der Waals surface area (Å²) in [4.78, 5) is 16.4. The minimum absolute atomic E-state index is 0.137. The maximum atomic E-state index is 12.6. The number of ether oxygens (including phenoxy) is 2. The van der Waals surface area contributed by atoms with Gasteiger partial charge in [0.1, 0.15) is 6.10 Å². The Balaban J connectivity index is 1.88. The number of aliphatic hydroxyl groups excluding tert-OH is 1. The number of nitrogens with one attached hydrogen (secondary N) is 1. The molecule has 2 aromatic rings. The highest BCUT2D eigenvalue weighted by molar-refractivity contribution is 6.39. The molecule has 8 nitrogen and oxygen atoms in total. The van der Waals surface area contributed by atoms with Crippen LogP contribution >= 0.6 is 23.2 Å². The number of pyridine rings is 2. The fourth-order valence-corrected chi connectivity index (χ4v) is 3.28. The first-order valence-electron chi connectivity index (χ1n) is 8.15. The van der Waals surface area contributed by atoms with Gasteiger partial charge in [-0.1, -0.05) is 23.2 Å². The van der Waals surface area contributed by atoms with Gasteiger partial charge < -0.3 is 25.1 Å². The van der Waals surface area contributed by atoms with Gasteiger partial charge in [0.15, 0.2) is 5.75 Å². The van der Waals surface area contributed by atoms with Crippen molar-refractivity contribution in [2.45, 2.75) is 31.5 Å². The molecule has 27 heavy (non-hydrogen) atoms. The SMILES string of the molecule is COc1c[n+]([O-])c(C(=O)Nc2c(Cl)cncc2Cl)cc1O[C@H]1CC[C@H](O)C1. The van der Waals surface area contributed by atoms with Crippen LogP contribution in [0, 0.1) is 5.21 Å². The Hall–Kier alpha value is -2.29. The third-order valence-corrected chi connectivity index (χ3v) is 4.75. The van der Waals surface area contributed by atoms with Gasteiger partial charge in [-0.05, 0) is 12.8 Å². The van der Waals surface area contributed by atoms with E-state index in [-0.39, 0.29) is 39.0 Å². The zero-order chi connectivity index (χ0) is 19.6. The fourth-order valence-electron chi connectivity index (χ4n) is 2.82. The lowest BCUT2D eigenvalue weighted by Gasteiger charge is -2.16. The molecule has 0 saturated heterocycles. The van der Waals surface area contributed by atoms with E-state index in [1.807, 2.05) is 0 Å². The van der Waals surface area contributed by atoms with E-state index in [0.29, 0.717) is 24.0 Å². The van der Waals surface area contributed by atoms with E-state index in [1.54, 1.807) is 0 Å². The van der Waals surface area contributed by atoms with Crippen molar-refractivity contribution in [2.24, 2.45) is 0 Å². The molecule has 0 aliphatic heterocycles. The lowest BCUT2D eigenvalue weighted by atomic mass is 10.2. The van der Waals surface area contributed by atoms with Crippen molar-refractivity contribution in [2.75, 3.05) is 12.4 Å². The maximum absolute atomic E-state index is 12.6. The van der Waals surface area contributed by atoms with E-state index in [4.69, 9.17) is 32.7 Å². The number of anilines is 1. The van der Waals surface area contributed by atoms with Crippen molar-refractivity contribution in [3.8, 4) is 11.5 Å². The Labute approximate surface area is 165 Å². The molecule has 0 radical (unpaired) electrons. The van der Waals surface area contributed by atoms with Gasteiger partial charge in [0.05, 0.1) is 35.0 Å². The van der Waals surface area contributed by atoms with Crippen LogP contribution in [0.25, 0.3) is 0 Å². The maximum Gasteiger partial charge on any atom is 0.322 e. The van der Waals surface area contributed by atoms with Crippen LogP contribution < -0.4 is 19.5 Å². The molecule has 1 amide bonds. The quantitative estimate of drug-likeness (QED) is 0.575. The summed E-state index contributed by atoms with van der Waals surface area (Å²) in [6, 6.07) is 1.29. The van der Waals surface area contributed by atoms with E-state index in [2.05, 4.69) is 10.3 Å². The molecular formula is C17H17Cl2N3O5. The van der Waals surface area contributed by atoms with Crippen molar-refractivity contribution in [3.63, 3.8) is 0 Å². The molecule has 1 aliphatic carbocycles. The number of methoxy groups -OCH3 is 1. The second-order valence-corrected chi connectivity index (χ2v) is 6.87. The Morgan fingerprint density at radius 1 is 1.33 bits per heavy atom. The largest absolute Gasteiger partial charge is 0.618 e. The number of aromatic nitrogens is 2. The van der Waals surface area contributed by atoms with Crippen LogP contribution in [0.3, 0.4) is 0 Å². The van der Waals surface area contributed by atoms with Gasteiger partial charge >= 0.3 is 5.91 Å². The number of carbonyl (C=O) groups excluding carboxylic acids is 1. The summed E-state index contributed by atoms with van der Waals surface area (Å²) >= 11 is 12.0. The molecule has 10 heteroatoms. The topological polar surface area (TPSA) is 108 Å². The molecule has 2 heterocycles. The highest BCUT2D eigenvalue weighted by Crippen LogP contribution is 2.32. The lowest BCUT2D eigenvalue weighted by molar-refractivity contribution is -0.608. The second kappa shape index (κ2) is 8.16. The molecule has 144 valence electrons. The van der Waals surface area contributed by atoms with Crippen LogP contribution in [0.2, 0.25) is 10.0 Å². The number of nitrogens with zero attached hydrogens (tertiary/aromatic N) is 2. The number of amides is 1. The predicted molar refractivity (Wildman–Crippen MR) is 98.4 cm³/mol. The average molecular weight is 414 g/mol. The molecule has 0 bridgehead atoms. The monoisotopic (exact) mass is 413 g/mol. The van der Waals surface area contributed by atoms with Crippen molar-refractivity contribution in [1.82, 2.24) is 4.98 Å². The first kappa shape index (κ1) is 19.5. The van der Waals surface area contributed by atoms with Gasteiger partial charge in [-0.25, -0.2) is 0 Å². The molecule has 3 rings (SSSR count). The minimum Gasteiger partial charge on any atom is -0.618 e. The van der Waals surface area contributed by atoms with Crippen LogP contribution in [-0.4, -0.2) is 35.3 Å². The predicted octanol–water partition coefficient (Wildman–Crippen LogP) is 2.57. The number of carbonyl (C=O) groups is 1. The summed E-state index contributed by atoms with van der Waals surface area (Å²) in [5, 5.41) is 24.7. The number of halogens is 2. The fraction of sp³-hybridized carbons (Fsp3) is 0.353. The van der Waals surface area contributed by atoms with E-state index < -0.39 is 12.0 Å². The average Bonchev–Trinajstić information content (AvgIpc) is 3.04. The standard InChI is InChI=1S/C17H17Cl2N3O5/c1-26-15-8-22(25)13(5-14(15)27-10-3-2-9(23)4-10)17(24)21-16-11(18)6-20-7-12(16)19/h5-10,23H,2-4H2,1H3,(H,20,21,24)/t9-,10-/m0/s1. The van der Waals surface area contributed by atoms with Crippen LogP contribution in [0.15, 0.2) is 24.7 Å². The molecule has 1 saturated carbocycles. The van der Waals surface area contributed by atoms with Gasteiger partial charge in [-0.2, -0.15) is 4.73 Å². The Morgan fingerprint density at radius 3 is 2.63 bits per heavy atom. The summed E-state index contributed by atoms with van der Waals surface area (Å²) in [6.07, 6.45) is 4.87. The summed E-state index contributed by atoms with van der Waals surface area (Å²) in [5.74, 6) is -0.303. The zero-order valence-corrected chi connectivity index (χ0v) is 15.8. The van der Waals surface area contributed by atoms with Gasteiger partial charge in [-0.15, -0.1) is 0 Å². The van der Waals surface area contributed by atoms with Crippen LogP contribution in [0.5, 0.6) is 11.5 Å². The lowest BCUT2D eigenvalue weighted by Crippen LogP contribution is -2.37. The van der Waals surface area contributed by atoms with Crippen molar-refractivity contribution < 1.29 is 24.1 Å². The summed E-state index contributed by atoms with van der Waals surface area (Å²) in [6.45, 7) is 0. The zero-order valence-electron chi connectivity index (χ0n) is 14.3. The van der Waals surface area contributed by atoms with E-state index >= 15 is 0 Å². The van der Waals surface area contributed by atoms with Gasteiger partial charge in [0.25, 0.3) is 5.69 Å². The smallest absolute Gasteiger partial charge is 0.322 e. The summed E-state index contributed by atoms with van der Waals surface area (Å²) in [5.41, 5.74) is -0.0798. The number of hydrogen-bond donors (Lipinski definition) is 2. The third kappa shape index (κ3) is 4.35. The molecule has 2 aromatic heterocycles. The van der Waals surface area contributed by atoms with E-state index in [9.17, 15) is 15.1 Å². The van der Waals surface area contributed by atoms with Crippen molar-refractivity contribution in [3.05, 3.63) is 45.6 Å². The molecule has 2 N–H and O–H groups in total. The summed E-state index contributed by atoms with van der Waals surface area (Å²) in [7, 11) is 1.39. The second-order valence-electron chi connectivity index (χ2n) is 6.06. The first-order chi connectivity index (χ1) is 12.9. The highest BCUT2D eigenvalue weighted by atomic mass is 35.5. The normalized spacial score (nSPS) is 19.0. The van der Waals surface area contributed by atoms with Crippen LogP contribution in [0.1, 0.15) is 29.8 Å². The van der Waals surface area contributed by atoms with Gasteiger partial charge in [-0.3, -0.25) is 9.78 Å². The third-order valence-electron chi connectivity index (χ3n) is 4.18. The van der Waals surface area contributed by atoms with Crippen LogP contribution in [0.4, 0.5) is 5.69 Å². The Bertz CT molecular complexity index is 844. The molecule has 2 atom stereocenters. The minimum atomic E-state index is -0.723. The molecule has 1 aliphatic rings. The molecule has 0 aromatic carbocycles. The molecule has 0 unspecified atom stereocenters.